The number of carbonyl (C=O) groups is 2. The lowest BCUT2D eigenvalue weighted by atomic mass is 10.1. The Morgan fingerprint density at radius 2 is 2.04 bits per heavy atom. The zero-order valence-corrected chi connectivity index (χ0v) is 13.0. The third-order valence-corrected chi connectivity index (χ3v) is 3.44. The van der Waals surface area contributed by atoms with Gasteiger partial charge in [-0.15, -0.1) is 0 Å². The average Bonchev–Trinajstić information content (AvgIpc) is 2.93. The number of ether oxygens (including phenoxy) is 1. The molecule has 2 rings (SSSR count). The zero-order chi connectivity index (χ0) is 16.8. The van der Waals surface area contributed by atoms with Crippen LogP contribution >= 0.6 is 0 Å². The van der Waals surface area contributed by atoms with Crippen molar-refractivity contribution in [1.29, 1.82) is 0 Å². The number of aliphatic carboxylic acids is 1. The van der Waals surface area contributed by atoms with Gasteiger partial charge < -0.3 is 15.2 Å². The number of aromatic nitrogens is 2. The van der Waals surface area contributed by atoms with Crippen molar-refractivity contribution in [3.8, 4) is 11.3 Å². The molecule has 0 fully saturated rings. The molecule has 2 N–H and O–H groups in total. The monoisotopic (exact) mass is 317 g/mol. The van der Waals surface area contributed by atoms with Crippen molar-refractivity contribution in [2.24, 2.45) is 7.05 Å². The fraction of sp³-hybridized carbons (Fsp3) is 0.312. The van der Waals surface area contributed by atoms with Crippen LogP contribution in [0.2, 0.25) is 0 Å². The Balaban J connectivity index is 2.25. The molecule has 7 nitrogen and oxygen atoms in total. The van der Waals surface area contributed by atoms with E-state index >= 15 is 0 Å². The minimum atomic E-state index is -1.10. The second-order valence-corrected chi connectivity index (χ2v) is 5.04. The minimum absolute atomic E-state index is 0.193. The summed E-state index contributed by atoms with van der Waals surface area (Å²) in [5, 5.41) is 15.8. The maximum atomic E-state index is 12.5. The van der Waals surface area contributed by atoms with Gasteiger partial charge in [0.15, 0.2) is 0 Å². The Morgan fingerprint density at radius 3 is 2.65 bits per heavy atom. The summed E-state index contributed by atoms with van der Waals surface area (Å²) in [4.78, 5) is 23.7. The Hall–Kier alpha value is -2.67. The van der Waals surface area contributed by atoms with Gasteiger partial charge in [0.05, 0.1) is 17.5 Å². The Kier molecular flexibility index (Phi) is 5.48. The zero-order valence-electron chi connectivity index (χ0n) is 13.0. The van der Waals surface area contributed by atoms with Crippen molar-refractivity contribution in [2.75, 3.05) is 13.7 Å². The first-order valence-corrected chi connectivity index (χ1v) is 7.14. The molecular formula is C16H19N3O4. The van der Waals surface area contributed by atoms with Crippen molar-refractivity contribution >= 4 is 11.9 Å². The standard InChI is InChI=1S/C16H19N3O4/c1-19-14(11-6-4-3-5-7-11)12(10-17-19)15(20)18-13(16(21)22)8-9-23-2/h3-7,10,13H,8-9H2,1-2H3,(H,18,20)(H,21,22). The van der Waals surface area contributed by atoms with E-state index in [9.17, 15) is 14.7 Å². The molecule has 1 heterocycles. The molecular weight excluding hydrogens is 298 g/mol. The molecule has 23 heavy (non-hydrogen) atoms. The number of hydrogen-bond donors (Lipinski definition) is 2. The van der Waals surface area contributed by atoms with Crippen LogP contribution in [0.3, 0.4) is 0 Å². The molecule has 0 spiro atoms. The molecule has 0 bridgehead atoms. The molecule has 0 aliphatic rings. The number of methoxy groups -OCH3 is 1. The van der Waals surface area contributed by atoms with Crippen LogP contribution in [0.15, 0.2) is 36.5 Å². The van der Waals surface area contributed by atoms with E-state index in [1.165, 1.54) is 13.3 Å². The number of carbonyl (C=O) groups excluding carboxylic acids is 1. The molecule has 0 radical (unpaired) electrons. The minimum Gasteiger partial charge on any atom is -0.480 e. The van der Waals surface area contributed by atoms with Gasteiger partial charge >= 0.3 is 5.97 Å². The number of carboxylic acids is 1. The van der Waals surface area contributed by atoms with Gasteiger partial charge in [0, 0.05) is 32.7 Å². The lowest BCUT2D eigenvalue weighted by Crippen LogP contribution is -2.41. The fourth-order valence-electron chi connectivity index (χ4n) is 2.27. The summed E-state index contributed by atoms with van der Waals surface area (Å²) in [5.41, 5.74) is 1.81. The fourth-order valence-corrected chi connectivity index (χ4v) is 2.27. The summed E-state index contributed by atoms with van der Waals surface area (Å²) < 4.78 is 6.47. The van der Waals surface area contributed by atoms with Crippen molar-refractivity contribution in [3.05, 3.63) is 42.1 Å². The first-order valence-electron chi connectivity index (χ1n) is 7.14. The topological polar surface area (TPSA) is 93.5 Å². The number of nitrogens with one attached hydrogen (secondary N) is 1. The van der Waals surface area contributed by atoms with E-state index in [-0.39, 0.29) is 13.0 Å². The van der Waals surface area contributed by atoms with Crippen LogP contribution in [0.1, 0.15) is 16.8 Å². The molecule has 1 unspecified atom stereocenters. The molecule has 2 aromatic rings. The highest BCUT2D eigenvalue weighted by atomic mass is 16.5. The van der Waals surface area contributed by atoms with Crippen molar-refractivity contribution in [3.63, 3.8) is 0 Å². The second-order valence-electron chi connectivity index (χ2n) is 5.04. The molecule has 1 aromatic carbocycles. The van der Waals surface area contributed by atoms with E-state index in [1.807, 2.05) is 30.3 Å². The number of aryl methyl sites for hydroxylation is 1. The molecule has 122 valence electrons. The van der Waals surface area contributed by atoms with Gasteiger partial charge in [-0.05, 0) is 0 Å². The predicted octanol–water partition coefficient (Wildman–Crippen LogP) is 1.31. The highest BCUT2D eigenvalue weighted by Gasteiger charge is 2.24. The summed E-state index contributed by atoms with van der Waals surface area (Å²) in [5.74, 6) is -1.57. The molecule has 0 saturated carbocycles. The third kappa shape index (κ3) is 3.95. The highest BCUT2D eigenvalue weighted by molar-refractivity contribution is 6.01. The number of amides is 1. The SMILES string of the molecule is COCCC(NC(=O)c1cnn(C)c1-c1ccccc1)C(=O)O. The summed E-state index contributed by atoms with van der Waals surface area (Å²) >= 11 is 0. The van der Waals surface area contributed by atoms with Gasteiger partial charge in [-0.1, -0.05) is 30.3 Å². The van der Waals surface area contributed by atoms with E-state index in [1.54, 1.807) is 11.7 Å². The van der Waals surface area contributed by atoms with Gasteiger partial charge in [-0.25, -0.2) is 4.79 Å². The molecule has 0 aliphatic carbocycles. The highest BCUT2D eigenvalue weighted by Crippen LogP contribution is 2.22. The number of rotatable bonds is 7. The Labute approximate surface area is 133 Å². The van der Waals surface area contributed by atoms with Crippen LogP contribution < -0.4 is 5.32 Å². The van der Waals surface area contributed by atoms with Gasteiger partial charge in [0.1, 0.15) is 6.04 Å². The first kappa shape index (κ1) is 16.7. The summed E-state index contributed by atoms with van der Waals surface area (Å²) in [6, 6.07) is 8.34. The van der Waals surface area contributed by atoms with Crippen LogP contribution in [0.5, 0.6) is 0 Å². The third-order valence-electron chi connectivity index (χ3n) is 3.44. The largest absolute Gasteiger partial charge is 0.480 e. The maximum Gasteiger partial charge on any atom is 0.326 e. The lowest BCUT2D eigenvalue weighted by Gasteiger charge is -2.14. The molecule has 0 aliphatic heterocycles. The van der Waals surface area contributed by atoms with E-state index in [4.69, 9.17) is 4.74 Å². The molecule has 0 saturated heterocycles. The number of hydrogen-bond acceptors (Lipinski definition) is 4. The van der Waals surface area contributed by atoms with E-state index in [0.717, 1.165) is 5.56 Å². The van der Waals surface area contributed by atoms with Gasteiger partial charge in [-0.3, -0.25) is 9.48 Å². The van der Waals surface area contributed by atoms with E-state index in [0.29, 0.717) is 11.3 Å². The summed E-state index contributed by atoms with van der Waals surface area (Å²) in [6.07, 6.45) is 1.63. The van der Waals surface area contributed by atoms with Crippen LogP contribution in [0.4, 0.5) is 0 Å². The predicted molar refractivity (Wildman–Crippen MR) is 84.0 cm³/mol. The Morgan fingerprint density at radius 1 is 1.35 bits per heavy atom. The molecule has 7 heteroatoms. The second kappa shape index (κ2) is 7.55. The van der Waals surface area contributed by atoms with Crippen LogP contribution in [0, 0.1) is 0 Å². The van der Waals surface area contributed by atoms with Crippen LogP contribution in [-0.2, 0) is 16.6 Å². The van der Waals surface area contributed by atoms with Crippen LogP contribution in [0.25, 0.3) is 11.3 Å². The van der Waals surface area contributed by atoms with Gasteiger partial charge in [-0.2, -0.15) is 5.10 Å². The van der Waals surface area contributed by atoms with Crippen molar-refractivity contribution in [2.45, 2.75) is 12.5 Å². The van der Waals surface area contributed by atoms with Gasteiger partial charge in [0.2, 0.25) is 0 Å². The van der Waals surface area contributed by atoms with Gasteiger partial charge in [0.25, 0.3) is 5.91 Å². The smallest absolute Gasteiger partial charge is 0.326 e. The Bertz CT molecular complexity index is 682. The number of benzene rings is 1. The molecule has 1 amide bonds. The average molecular weight is 317 g/mol. The maximum absolute atomic E-state index is 12.5. The normalized spacial score (nSPS) is 11.9. The first-order chi connectivity index (χ1) is 11.0. The molecule has 1 aromatic heterocycles. The van der Waals surface area contributed by atoms with Crippen LogP contribution in [-0.4, -0.2) is 46.5 Å². The van der Waals surface area contributed by atoms with E-state index < -0.39 is 17.9 Å². The number of carboxylic acid groups (broad SMARTS) is 1. The number of nitrogens with zero attached hydrogens (tertiary/aromatic N) is 2. The summed E-state index contributed by atoms with van der Waals surface area (Å²) in [6.45, 7) is 0.246. The van der Waals surface area contributed by atoms with Crippen molar-refractivity contribution < 1.29 is 19.4 Å². The van der Waals surface area contributed by atoms with E-state index in [2.05, 4.69) is 10.4 Å². The van der Waals surface area contributed by atoms with Crippen molar-refractivity contribution in [1.82, 2.24) is 15.1 Å². The quantitative estimate of drug-likeness (QED) is 0.803. The lowest BCUT2D eigenvalue weighted by molar-refractivity contribution is -0.139. The molecule has 1 atom stereocenters. The summed E-state index contributed by atoms with van der Waals surface area (Å²) in [7, 11) is 3.22.